The highest BCUT2D eigenvalue weighted by Gasteiger charge is 2.27. The van der Waals surface area contributed by atoms with Gasteiger partial charge in [0.05, 0.1) is 27.2 Å². The molecule has 0 unspecified atom stereocenters. The van der Waals surface area contributed by atoms with Crippen LogP contribution in [0.1, 0.15) is 15.9 Å². The molecule has 1 saturated heterocycles. The highest BCUT2D eigenvalue weighted by molar-refractivity contribution is 7.90. The molecule has 8 rings (SSSR count). The van der Waals surface area contributed by atoms with Crippen LogP contribution in [0.4, 0.5) is 17.1 Å². The van der Waals surface area contributed by atoms with Crippen LogP contribution >= 0.6 is 11.6 Å². The number of aromatic nitrogens is 1. The van der Waals surface area contributed by atoms with E-state index in [0.717, 1.165) is 59.0 Å². The molecule has 1 fully saturated rings. The Balaban J connectivity index is 1.02. The van der Waals surface area contributed by atoms with E-state index < -0.39 is 31.4 Å². The first kappa shape index (κ1) is 40.1. The van der Waals surface area contributed by atoms with E-state index in [1.807, 2.05) is 48.5 Å². The number of rotatable bonds is 13. The van der Waals surface area contributed by atoms with E-state index in [1.54, 1.807) is 48.7 Å². The van der Waals surface area contributed by atoms with Crippen LogP contribution < -0.4 is 19.7 Å². The molecule has 5 aromatic carbocycles. The van der Waals surface area contributed by atoms with Gasteiger partial charge in [-0.3, -0.25) is 24.8 Å². The van der Waals surface area contributed by atoms with Gasteiger partial charge in [0.2, 0.25) is 0 Å². The minimum Gasteiger partial charge on any atom is -0.497 e. The fourth-order valence-electron chi connectivity index (χ4n) is 7.16. The molecule has 2 aliphatic heterocycles. The summed E-state index contributed by atoms with van der Waals surface area (Å²) in [6.07, 6.45) is 6.76. The third kappa shape index (κ3) is 9.26. The molecule has 15 heteroatoms. The number of pyridine rings is 1. The molecular formula is C45H39ClN6O7S. The first-order chi connectivity index (χ1) is 29.1. The van der Waals surface area contributed by atoms with Gasteiger partial charge in [-0.25, -0.2) is 13.1 Å². The molecule has 2 aliphatic rings. The molecule has 6 aromatic rings. The highest BCUT2D eigenvalue weighted by atomic mass is 35.5. The SMILES string of the molecule is O=C(NS(=O)(=O)c1ccc(NCC2=CCOC=C2)c([N+](=O)[O-])c1)c1ccc(N2CCN(Cc3ccccc3-c3ccc(Cl)cc3)CC2)cc1Oc1ccc2ncccc2c1. The van der Waals surface area contributed by atoms with Gasteiger partial charge in [0.15, 0.2) is 0 Å². The first-order valence-corrected chi connectivity index (χ1v) is 21.0. The van der Waals surface area contributed by atoms with Crippen LogP contribution in [0.15, 0.2) is 150 Å². The van der Waals surface area contributed by atoms with Gasteiger partial charge in [-0.15, -0.1) is 0 Å². The smallest absolute Gasteiger partial charge is 0.293 e. The summed E-state index contributed by atoms with van der Waals surface area (Å²) in [4.78, 5) is 33.8. The van der Waals surface area contributed by atoms with Gasteiger partial charge in [-0.1, -0.05) is 54.1 Å². The van der Waals surface area contributed by atoms with Crippen molar-refractivity contribution in [3.8, 4) is 22.6 Å². The Morgan fingerprint density at radius 2 is 1.73 bits per heavy atom. The number of halogens is 1. The molecule has 1 aromatic heterocycles. The Labute approximate surface area is 351 Å². The highest BCUT2D eigenvalue weighted by Crippen LogP contribution is 2.34. The molecule has 2 N–H and O–H groups in total. The summed E-state index contributed by atoms with van der Waals surface area (Å²) < 4.78 is 40.9. The number of hydrogen-bond acceptors (Lipinski definition) is 11. The average Bonchev–Trinajstić information content (AvgIpc) is 3.26. The topological polar surface area (TPSA) is 156 Å². The number of ether oxygens (including phenoxy) is 2. The van der Waals surface area contributed by atoms with Crippen molar-refractivity contribution in [2.45, 2.75) is 11.4 Å². The normalized spacial score (nSPS) is 14.3. The van der Waals surface area contributed by atoms with Gasteiger partial charge >= 0.3 is 0 Å². The van der Waals surface area contributed by atoms with Crippen LogP contribution in [-0.2, 0) is 21.3 Å². The van der Waals surface area contributed by atoms with Gasteiger partial charge in [0.25, 0.3) is 21.6 Å². The largest absolute Gasteiger partial charge is 0.497 e. The zero-order valence-corrected chi connectivity index (χ0v) is 33.7. The fraction of sp³-hybridized carbons (Fsp3) is 0.156. The Kier molecular flexibility index (Phi) is 11.8. The zero-order chi connectivity index (χ0) is 41.6. The van der Waals surface area contributed by atoms with Crippen LogP contribution in [0.25, 0.3) is 22.0 Å². The minimum atomic E-state index is -4.58. The molecule has 0 aliphatic carbocycles. The lowest BCUT2D eigenvalue weighted by atomic mass is 9.99. The van der Waals surface area contributed by atoms with Crippen LogP contribution in [0.3, 0.4) is 0 Å². The minimum absolute atomic E-state index is 0.0448. The molecule has 0 bridgehead atoms. The molecule has 0 saturated carbocycles. The van der Waals surface area contributed by atoms with Crippen LogP contribution in [0, 0.1) is 10.1 Å². The van der Waals surface area contributed by atoms with Gasteiger partial charge in [-0.05, 0) is 95.1 Å². The number of fused-ring (bicyclic) bond motifs is 1. The Hall–Kier alpha value is -6.74. The molecule has 60 heavy (non-hydrogen) atoms. The van der Waals surface area contributed by atoms with Crippen molar-refractivity contribution in [3.05, 3.63) is 172 Å². The lowest BCUT2D eigenvalue weighted by molar-refractivity contribution is -0.384. The van der Waals surface area contributed by atoms with Gasteiger partial charge in [0, 0.05) is 73.7 Å². The standard InChI is InChI=1S/C45H39ClN6O7S/c46-35-9-7-32(8-10-35)39-6-2-1-4-34(39)30-50-20-22-51(23-21-50)36-11-14-40(44(27-36)59-37-12-15-41-33(26-37)5-3-19-47-41)45(53)49-60(56,57)38-13-16-42(43(28-38)52(54)55)48-29-31-17-24-58-25-18-31/h1-19,24,26-28,48H,20-23,25,29-30H2,(H,49,53). The lowest BCUT2D eigenvalue weighted by Gasteiger charge is -2.36. The van der Waals surface area contributed by atoms with Crippen molar-refractivity contribution < 1.29 is 27.6 Å². The number of amides is 1. The summed E-state index contributed by atoms with van der Waals surface area (Å²) in [5, 5.41) is 16.5. The number of carbonyl (C=O) groups excluding carboxylic acids is 1. The second-order valence-corrected chi connectivity index (χ2v) is 16.3. The number of carbonyl (C=O) groups is 1. The number of hydrogen-bond donors (Lipinski definition) is 2. The van der Waals surface area contributed by atoms with Gasteiger partial charge in [-0.2, -0.15) is 0 Å². The maximum atomic E-state index is 13.9. The number of nitro groups is 1. The third-order valence-corrected chi connectivity index (χ3v) is 11.9. The lowest BCUT2D eigenvalue weighted by Crippen LogP contribution is -2.46. The maximum absolute atomic E-state index is 13.9. The van der Waals surface area contributed by atoms with E-state index in [2.05, 4.69) is 37.0 Å². The van der Waals surface area contributed by atoms with E-state index in [4.69, 9.17) is 21.1 Å². The maximum Gasteiger partial charge on any atom is 0.293 e. The summed E-state index contributed by atoms with van der Waals surface area (Å²) in [6.45, 7) is 4.32. The number of nitrogens with zero attached hydrogens (tertiary/aromatic N) is 4. The van der Waals surface area contributed by atoms with Crippen LogP contribution in [-0.4, -0.2) is 68.5 Å². The number of sulfonamides is 1. The molecule has 3 heterocycles. The van der Waals surface area contributed by atoms with Crippen molar-refractivity contribution in [1.82, 2.24) is 14.6 Å². The quantitative estimate of drug-likeness (QED) is 0.0848. The number of anilines is 2. The summed E-state index contributed by atoms with van der Waals surface area (Å²) >= 11 is 6.15. The molecule has 1 amide bonds. The molecule has 13 nitrogen and oxygen atoms in total. The van der Waals surface area contributed by atoms with Crippen LogP contribution in [0.2, 0.25) is 5.02 Å². The Bertz CT molecular complexity index is 2750. The number of nitrogens with one attached hydrogen (secondary N) is 2. The summed E-state index contributed by atoms with van der Waals surface area (Å²) in [5.74, 6) is -0.421. The van der Waals surface area contributed by atoms with Crippen molar-refractivity contribution >= 4 is 55.5 Å². The summed E-state index contributed by atoms with van der Waals surface area (Å²) in [6, 6.07) is 33.7. The van der Waals surface area contributed by atoms with E-state index in [1.165, 1.54) is 30.0 Å². The molecule has 304 valence electrons. The molecule has 0 spiro atoms. The second kappa shape index (κ2) is 17.6. The second-order valence-electron chi connectivity index (χ2n) is 14.2. The van der Waals surface area contributed by atoms with Crippen LogP contribution in [0.5, 0.6) is 11.5 Å². The summed E-state index contributed by atoms with van der Waals surface area (Å²) in [7, 11) is -4.58. The fourth-order valence-corrected chi connectivity index (χ4v) is 8.27. The van der Waals surface area contributed by atoms with Gasteiger partial charge < -0.3 is 19.7 Å². The van der Waals surface area contributed by atoms with E-state index in [0.29, 0.717) is 30.5 Å². The van der Waals surface area contributed by atoms with E-state index in [-0.39, 0.29) is 23.5 Å². The predicted octanol–water partition coefficient (Wildman–Crippen LogP) is 8.58. The predicted molar refractivity (Wildman–Crippen MR) is 232 cm³/mol. The van der Waals surface area contributed by atoms with Crippen molar-refractivity contribution in [1.29, 1.82) is 0 Å². The van der Waals surface area contributed by atoms with E-state index >= 15 is 0 Å². The van der Waals surface area contributed by atoms with E-state index in [9.17, 15) is 23.3 Å². The first-order valence-electron chi connectivity index (χ1n) is 19.1. The zero-order valence-electron chi connectivity index (χ0n) is 32.2. The Morgan fingerprint density at radius 3 is 2.52 bits per heavy atom. The Morgan fingerprint density at radius 1 is 0.917 bits per heavy atom. The average molecular weight is 843 g/mol. The molecule has 0 atom stereocenters. The third-order valence-electron chi connectivity index (χ3n) is 10.3. The van der Waals surface area contributed by atoms with Crippen molar-refractivity contribution in [3.63, 3.8) is 0 Å². The van der Waals surface area contributed by atoms with Crippen molar-refractivity contribution in [2.75, 3.05) is 49.5 Å². The number of piperazine rings is 1. The number of benzene rings is 5. The monoisotopic (exact) mass is 842 g/mol. The number of nitro benzene ring substituents is 1. The van der Waals surface area contributed by atoms with Gasteiger partial charge in [0.1, 0.15) is 23.8 Å². The molecule has 0 radical (unpaired) electrons. The van der Waals surface area contributed by atoms with Crippen molar-refractivity contribution in [2.24, 2.45) is 0 Å². The molecular weight excluding hydrogens is 804 g/mol. The summed E-state index contributed by atoms with van der Waals surface area (Å²) in [5.41, 5.74) is 5.47.